The normalized spacial score (nSPS) is 24.6. The average Bonchev–Trinajstić information content (AvgIpc) is 3.20. The van der Waals surface area contributed by atoms with Crippen LogP contribution in [0.5, 0.6) is 0 Å². The van der Waals surface area contributed by atoms with Crippen LogP contribution in [0, 0.1) is 23.7 Å². The summed E-state index contributed by atoms with van der Waals surface area (Å²) < 4.78 is 29.4. The van der Waals surface area contributed by atoms with Crippen LogP contribution < -0.4 is 0 Å². The molecule has 53 heavy (non-hydrogen) atoms. The predicted octanol–water partition coefficient (Wildman–Crippen LogP) is 10.6. The standard InChI is InChI=1S/C47H37N3O2S/c51-53(52)42-18-10-9-17-40(42)47(34-24-29-23-30(26-34)27-35(47)25-29)41-22-19-33(28-43(41)53)45-48-44(32-13-5-2-6-14-32)49-46(50-45)39-21-20-36(31-11-3-1-4-12-31)37-15-7-8-16-38(37)39/h1-22,28-30,34-35H,23-27H2. The molecule has 1 aliphatic heterocycles. The van der Waals surface area contributed by atoms with E-state index in [1.807, 2.05) is 66.7 Å². The Labute approximate surface area is 309 Å². The fourth-order valence-electron chi connectivity index (χ4n) is 11.0. The van der Waals surface area contributed by atoms with E-state index < -0.39 is 9.84 Å². The minimum atomic E-state index is -3.80. The summed E-state index contributed by atoms with van der Waals surface area (Å²) in [5.74, 6) is 3.96. The number of hydrogen-bond donors (Lipinski definition) is 0. The van der Waals surface area contributed by atoms with Crippen LogP contribution in [0.1, 0.15) is 43.2 Å². The van der Waals surface area contributed by atoms with Gasteiger partial charge in [0.2, 0.25) is 9.84 Å². The molecule has 0 radical (unpaired) electrons. The van der Waals surface area contributed by atoms with Gasteiger partial charge in [-0.1, -0.05) is 121 Å². The Kier molecular flexibility index (Phi) is 6.76. The molecule has 1 aromatic heterocycles. The number of hydrogen-bond acceptors (Lipinski definition) is 5. The molecule has 4 fully saturated rings. The van der Waals surface area contributed by atoms with E-state index in [9.17, 15) is 8.42 Å². The van der Waals surface area contributed by atoms with Crippen molar-refractivity contribution in [3.63, 3.8) is 0 Å². The molecule has 4 bridgehead atoms. The molecule has 258 valence electrons. The molecule has 6 heteroatoms. The molecule has 2 heterocycles. The van der Waals surface area contributed by atoms with E-state index in [0.29, 0.717) is 44.7 Å². The van der Waals surface area contributed by atoms with E-state index in [4.69, 9.17) is 15.0 Å². The third-order valence-electron chi connectivity index (χ3n) is 12.9. The lowest BCUT2D eigenvalue weighted by molar-refractivity contribution is -0.0446. The van der Waals surface area contributed by atoms with Crippen molar-refractivity contribution in [2.24, 2.45) is 23.7 Å². The number of nitrogens with zero attached hydrogens (tertiary/aromatic N) is 3. The molecule has 12 rings (SSSR count). The van der Waals surface area contributed by atoms with E-state index in [1.165, 1.54) is 32.1 Å². The highest BCUT2D eigenvalue weighted by Gasteiger charge is 2.62. The van der Waals surface area contributed by atoms with E-state index in [0.717, 1.165) is 56.0 Å². The summed E-state index contributed by atoms with van der Waals surface area (Å²) in [5, 5.41) is 2.15. The van der Waals surface area contributed by atoms with Crippen molar-refractivity contribution in [3.8, 4) is 45.3 Å². The van der Waals surface area contributed by atoms with Crippen LogP contribution in [0.25, 0.3) is 56.1 Å². The van der Waals surface area contributed by atoms with Crippen LogP contribution >= 0.6 is 0 Å². The lowest BCUT2D eigenvalue weighted by Gasteiger charge is -2.63. The van der Waals surface area contributed by atoms with Crippen molar-refractivity contribution in [1.82, 2.24) is 15.0 Å². The highest BCUT2D eigenvalue weighted by atomic mass is 32.2. The van der Waals surface area contributed by atoms with Gasteiger partial charge in [-0.05, 0) is 107 Å². The monoisotopic (exact) mass is 707 g/mol. The van der Waals surface area contributed by atoms with Gasteiger partial charge in [-0.15, -0.1) is 0 Å². The van der Waals surface area contributed by atoms with E-state index >= 15 is 0 Å². The van der Waals surface area contributed by atoms with Gasteiger partial charge in [0.1, 0.15) is 0 Å². The van der Waals surface area contributed by atoms with Crippen molar-refractivity contribution < 1.29 is 8.42 Å². The zero-order chi connectivity index (χ0) is 35.3. The largest absolute Gasteiger partial charge is 0.218 e. The second-order valence-electron chi connectivity index (χ2n) is 15.6. The summed E-state index contributed by atoms with van der Waals surface area (Å²) in [7, 11) is -3.80. The van der Waals surface area contributed by atoms with E-state index in [1.54, 1.807) is 0 Å². The zero-order valence-electron chi connectivity index (χ0n) is 29.2. The molecule has 1 spiro atoms. The zero-order valence-corrected chi connectivity index (χ0v) is 30.0. The number of fused-ring (bicyclic) bond motifs is 3. The maximum Gasteiger partial charge on any atom is 0.207 e. The number of benzene rings is 6. The molecule has 5 nitrogen and oxygen atoms in total. The molecule has 0 saturated heterocycles. The molecule has 7 aromatic rings. The van der Waals surface area contributed by atoms with Gasteiger partial charge < -0.3 is 0 Å². The minimum absolute atomic E-state index is 0.290. The molecular weight excluding hydrogens is 671 g/mol. The molecular formula is C47H37N3O2S. The summed E-state index contributed by atoms with van der Waals surface area (Å²) >= 11 is 0. The fraction of sp³-hybridized carbons (Fsp3) is 0.213. The second-order valence-corrected chi connectivity index (χ2v) is 17.5. The third kappa shape index (κ3) is 4.54. The molecule has 4 aliphatic carbocycles. The first-order chi connectivity index (χ1) is 26.0. The molecule has 0 N–H and O–H groups in total. The first-order valence-corrected chi connectivity index (χ1v) is 20.4. The lowest BCUT2D eigenvalue weighted by atomic mass is 9.42. The fourth-order valence-corrected chi connectivity index (χ4v) is 12.9. The maximum absolute atomic E-state index is 14.7. The maximum atomic E-state index is 14.7. The van der Waals surface area contributed by atoms with Crippen molar-refractivity contribution in [2.75, 3.05) is 0 Å². The molecule has 4 saturated carbocycles. The van der Waals surface area contributed by atoms with Gasteiger partial charge in [-0.2, -0.15) is 0 Å². The molecule has 6 aromatic carbocycles. The Balaban J connectivity index is 1.12. The van der Waals surface area contributed by atoms with Gasteiger partial charge in [-0.3, -0.25) is 0 Å². The van der Waals surface area contributed by atoms with Crippen LogP contribution in [0.3, 0.4) is 0 Å². The predicted molar refractivity (Wildman–Crippen MR) is 209 cm³/mol. The van der Waals surface area contributed by atoms with Gasteiger partial charge in [0.05, 0.1) is 9.79 Å². The van der Waals surface area contributed by atoms with Crippen LogP contribution in [0.4, 0.5) is 0 Å². The van der Waals surface area contributed by atoms with E-state index in [-0.39, 0.29) is 5.41 Å². The van der Waals surface area contributed by atoms with Gasteiger partial charge >= 0.3 is 0 Å². The second kappa shape index (κ2) is 11.5. The quantitative estimate of drug-likeness (QED) is 0.182. The Bertz CT molecular complexity index is 2680. The lowest BCUT2D eigenvalue weighted by Crippen LogP contribution is -2.57. The number of aromatic nitrogens is 3. The number of rotatable bonds is 4. The van der Waals surface area contributed by atoms with Crippen LogP contribution in [-0.4, -0.2) is 23.4 Å². The summed E-state index contributed by atoms with van der Waals surface area (Å²) in [6, 6.07) is 46.9. The highest BCUT2D eigenvalue weighted by Crippen LogP contribution is 2.68. The van der Waals surface area contributed by atoms with Gasteiger partial charge in [-0.25, -0.2) is 23.4 Å². The summed E-state index contributed by atoms with van der Waals surface area (Å²) in [4.78, 5) is 16.2. The van der Waals surface area contributed by atoms with Gasteiger partial charge in [0.25, 0.3) is 0 Å². The first kappa shape index (κ1) is 31.1. The SMILES string of the molecule is O=S1(=O)c2ccccc2C2(c3ccc(-c4nc(-c5ccccc5)nc(-c5ccc(-c6ccccc6)c6ccccc56)n4)cc31)C1CC3CC(C1)CC2C3. The minimum Gasteiger partial charge on any atom is -0.218 e. The van der Waals surface area contributed by atoms with Gasteiger partial charge in [0, 0.05) is 22.1 Å². The topological polar surface area (TPSA) is 72.8 Å². The summed E-state index contributed by atoms with van der Waals surface area (Å²) in [5.41, 5.74) is 6.44. The van der Waals surface area contributed by atoms with Crippen molar-refractivity contribution >= 4 is 20.6 Å². The number of sulfone groups is 1. The summed E-state index contributed by atoms with van der Waals surface area (Å²) in [6.07, 6.45) is 6.05. The van der Waals surface area contributed by atoms with Crippen LogP contribution in [0.2, 0.25) is 0 Å². The summed E-state index contributed by atoms with van der Waals surface area (Å²) in [6.45, 7) is 0. The molecule has 5 aliphatic rings. The molecule has 0 unspecified atom stereocenters. The molecule has 0 atom stereocenters. The van der Waals surface area contributed by atoms with Crippen molar-refractivity contribution in [1.29, 1.82) is 0 Å². The van der Waals surface area contributed by atoms with E-state index in [2.05, 4.69) is 72.8 Å². The molecule has 0 amide bonds. The first-order valence-electron chi connectivity index (χ1n) is 18.9. The van der Waals surface area contributed by atoms with Gasteiger partial charge in [0.15, 0.2) is 17.5 Å². The Hall–Kier alpha value is -5.46. The third-order valence-corrected chi connectivity index (χ3v) is 14.8. The van der Waals surface area contributed by atoms with Crippen molar-refractivity contribution in [3.05, 3.63) is 151 Å². The Morgan fingerprint density at radius 2 is 0.981 bits per heavy atom. The van der Waals surface area contributed by atoms with Crippen molar-refractivity contribution in [2.45, 2.75) is 47.3 Å². The smallest absolute Gasteiger partial charge is 0.207 e. The van der Waals surface area contributed by atoms with Crippen LogP contribution in [0.15, 0.2) is 149 Å². The Morgan fingerprint density at radius 1 is 0.453 bits per heavy atom. The average molecular weight is 708 g/mol. The Morgan fingerprint density at radius 3 is 1.68 bits per heavy atom. The van der Waals surface area contributed by atoms with Crippen LogP contribution in [-0.2, 0) is 15.3 Å². The highest BCUT2D eigenvalue weighted by molar-refractivity contribution is 7.91.